The Morgan fingerprint density at radius 3 is 2.46 bits per heavy atom. The minimum Gasteiger partial charge on any atom is -0.484 e. The van der Waals surface area contributed by atoms with Gasteiger partial charge < -0.3 is 25.6 Å². The first-order valence-electron chi connectivity index (χ1n) is 7.96. The van der Waals surface area contributed by atoms with Crippen LogP contribution in [0.3, 0.4) is 0 Å². The third-order valence-corrected chi connectivity index (χ3v) is 4.63. The summed E-state index contributed by atoms with van der Waals surface area (Å²) < 4.78 is 5.68. The van der Waals surface area contributed by atoms with Crippen LogP contribution in [0.2, 0.25) is 0 Å². The van der Waals surface area contributed by atoms with Crippen LogP contribution in [0.25, 0.3) is 6.08 Å². The number of carbonyl (C=O) groups excluding carboxylic acids is 2. The van der Waals surface area contributed by atoms with Crippen molar-refractivity contribution in [2.45, 2.75) is 18.9 Å². The zero-order chi connectivity index (χ0) is 20.7. The fourth-order valence-electron chi connectivity index (χ4n) is 2.14. The minimum absolute atomic E-state index is 0.227. The minimum atomic E-state index is -1.32. The Morgan fingerprint density at radius 2 is 1.93 bits per heavy atom. The first-order chi connectivity index (χ1) is 13.2. The number of carboxylic acids is 2. The lowest BCUT2D eigenvalue weighted by Gasteiger charge is -2.14. The van der Waals surface area contributed by atoms with Crippen LogP contribution in [0.1, 0.15) is 18.4 Å². The number of hydrogen-bond donors (Lipinski definition) is 4. The number of nitrogens with one attached hydrogen (secondary N) is 2. The molecule has 1 aliphatic heterocycles. The van der Waals surface area contributed by atoms with E-state index in [2.05, 4.69) is 10.6 Å². The van der Waals surface area contributed by atoms with Crippen LogP contribution < -0.4 is 15.4 Å². The van der Waals surface area contributed by atoms with E-state index in [0.29, 0.717) is 15.0 Å². The molecule has 4 N–H and O–H groups in total. The van der Waals surface area contributed by atoms with Crippen LogP contribution in [0.5, 0.6) is 5.75 Å². The Labute approximate surface area is 169 Å². The van der Waals surface area contributed by atoms with Gasteiger partial charge in [0.2, 0.25) is 0 Å². The quantitative estimate of drug-likeness (QED) is 0.337. The number of aliphatic carboxylic acids is 2. The van der Waals surface area contributed by atoms with Gasteiger partial charge in [-0.05, 0) is 30.2 Å². The van der Waals surface area contributed by atoms with E-state index in [0.717, 1.165) is 17.3 Å². The van der Waals surface area contributed by atoms with E-state index >= 15 is 0 Å². The molecule has 0 unspecified atom stereocenters. The number of thioether (sulfide) groups is 1. The van der Waals surface area contributed by atoms with Gasteiger partial charge in [0.05, 0.1) is 4.91 Å². The highest BCUT2D eigenvalue weighted by atomic mass is 32.2. The van der Waals surface area contributed by atoms with Crippen molar-refractivity contribution >= 4 is 58.1 Å². The van der Waals surface area contributed by atoms with Gasteiger partial charge in [-0.15, -0.1) is 0 Å². The largest absolute Gasteiger partial charge is 0.484 e. The third kappa shape index (κ3) is 6.67. The van der Waals surface area contributed by atoms with E-state index in [9.17, 15) is 19.2 Å². The average Bonchev–Trinajstić information content (AvgIpc) is 2.94. The summed E-state index contributed by atoms with van der Waals surface area (Å²) in [7, 11) is 0. The van der Waals surface area contributed by atoms with E-state index in [1.54, 1.807) is 30.3 Å². The molecule has 2 amide bonds. The SMILES string of the molecule is O=C(O)CC[C@@H](NC(=O)COc1ccc(/C=C2\SC(=S)NC2=O)cc1)C(=O)O. The Morgan fingerprint density at radius 1 is 1.25 bits per heavy atom. The van der Waals surface area contributed by atoms with Crippen LogP contribution in [0, 0.1) is 0 Å². The maximum Gasteiger partial charge on any atom is 0.326 e. The molecule has 1 aromatic rings. The van der Waals surface area contributed by atoms with Gasteiger partial charge in [0, 0.05) is 6.42 Å². The van der Waals surface area contributed by atoms with Crippen LogP contribution in [-0.4, -0.2) is 50.9 Å². The molecule has 9 nitrogen and oxygen atoms in total. The summed E-state index contributed by atoms with van der Waals surface area (Å²) in [6.07, 6.45) is 1.06. The van der Waals surface area contributed by atoms with E-state index in [1.165, 1.54) is 0 Å². The standard InChI is InChI=1S/C17H16N2O7S2/c20-13(18-11(16(24)25)5-6-14(21)22)8-26-10-3-1-9(2-4-10)7-12-15(23)19-17(27)28-12/h1-4,7,11H,5-6,8H2,(H,18,20)(H,21,22)(H,24,25)(H,19,23,27)/b12-7-/t11-/m1/s1. The summed E-state index contributed by atoms with van der Waals surface area (Å²) in [4.78, 5) is 45.5. The molecule has 1 fully saturated rings. The second kappa shape index (κ2) is 9.85. The number of hydrogen-bond acceptors (Lipinski definition) is 7. The first-order valence-corrected chi connectivity index (χ1v) is 9.19. The highest BCUT2D eigenvalue weighted by molar-refractivity contribution is 8.26. The van der Waals surface area contributed by atoms with E-state index in [4.69, 9.17) is 27.2 Å². The molecule has 1 heterocycles. The molecule has 2 rings (SSSR count). The second-order valence-corrected chi connectivity index (χ2v) is 7.32. The van der Waals surface area contributed by atoms with E-state index in [-0.39, 0.29) is 18.7 Å². The van der Waals surface area contributed by atoms with Crippen molar-refractivity contribution in [1.29, 1.82) is 0 Å². The number of amides is 2. The van der Waals surface area contributed by atoms with Gasteiger partial charge in [0.25, 0.3) is 11.8 Å². The Balaban J connectivity index is 1.87. The molecule has 0 aliphatic carbocycles. The van der Waals surface area contributed by atoms with Crippen molar-refractivity contribution in [1.82, 2.24) is 10.6 Å². The van der Waals surface area contributed by atoms with Crippen molar-refractivity contribution in [2.75, 3.05) is 6.61 Å². The molecule has 0 bridgehead atoms. The summed E-state index contributed by atoms with van der Waals surface area (Å²) in [5.74, 6) is -3.05. The Hall–Kier alpha value is -2.92. The van der Waals surface area contributed by atoms with Gasteiger partial charge in [-0.25, -0.2) is 4.79 Å². The molecular weight excluding hydrogens is 408 g/mol. The van der Waals surface area contributed by atoms with Crippen LogP contribution in [0.15, 0.2) is 29.2 Å². The van der Waals surface area contributed by atoms with Crippen molar-refractivity contribution in [3.8, 4) is 5.75 Å². The monoisotopic (exact) mass is 424 g/mol. The molecule has 1 aliphatic rings. The van der Waals surface area contributed by atoms with Crippen molar-refractivity contribution < 1.29 is 34.1 Å². The lowest BCUT2D eigenvalue weighted by molar-refractivity contribution is -0.143. The highest BCUT2D eigenvalue weighted by Crippen LogP contribution is 2.26. The number of ether oxygens (including phenoxy) is 1. The molecule has 1 saturated heterocycles. The predicted octanol–water partition coefficient (Wildman–Crippen LogP) is 0.988. The molecule has 1 atom stereocenters. The third-order valence-electron chi connectivity index (χ3n) is 3.47. The van der Waals surface area contributed by atoms with Crippen LogP contribution >= 0.6 is 24.0 Å². The second-order valence-electron chi connectivity index (χ2n) is 5.60. The zero-order valence-corrected chi connectivity index (χ0v) is 16.0. The number of carboxylic acid groups (broad SMARTS) is 2. The molecule has 11 heteroatoms. The summed E-state index contributed by atoms with van der Waals surface area (Å²) >= 11 is 6.07. The van der Waals surface area contributed by atoms with Crippen molar-refractivity contribution in [3.63, 3.8) is 0 Å². The summed E-state index contributed by atoms with van der Waals surface area (Å²) in [6, 6.07) is 5.25. The molecule has 1 aromatic carbocycles. The molecule has 0 radical (unpaired) electrons. The molecule has 0 aromatic heterocycles. The van der Waals surface area contributed by atoms with Gasteiger partial charge in [-0.3, -0.25) is 14.4 Å². The highest BCUT2D eigenvalue weighted by Gasteiger charge is 2.22. The Kier molecular flexibility index (Phi) is 7.52. The van der Waals surface area contributed by atoms with Crippen molar-refractivity contribution in [2.24, 2.45) is 0 Å². The number of benzene rings is 1. The molecule has 0 spiro atoms. The Bertz CT molecular complexity index is 836. The van der Waals surface area contributed by atoms with Crippen LogP contribution in [0.4, 0.5) is 0 Å². The maximum absolute atomic E-state index is 11.8. The lowest BCUT2D eigenvalue weighted by atomic mass is 10.1. The molecule has 0 saturated carbocycles. The van der Waals surface area contributed by atoms with E-state index in [1.807, 2.05) is 0 Å². The van der Waals surface area contributed by atoms with E-state index < -0.39 is 30.5 Å². The van der Waals surface area contributed by atoms with Gasteiger partial charge in [-0.2, -0.15) is 0 Å². The smallest absolute Gasteiger partial charge is 0.326 e. The first kappa shape index (κ1) is 21.4. The number of carbonyl (C=O) groups is 4. The topological polar surface area (TPSA) is 142 Å². The zero-order valence-electron chi connectivity index (χ0n) is 14.3. The predicted molar refractivity (Wildman–Crippen MR) is 105 cm³/mol. The van der Waals surface area contributed by atoms with Crippen molar-refractivity contribution in [3.05, 3.63) is 34.7 Å². The molecule has 148 valence electrons. The maximum atomic E-state index is 11.8. The molecular formula is C17H16N2O7S2. The normalized spacial score (nSPS) is 15.8. The van der Waals surface area contributed by atoms with Gasteiger partial charge >= 0.3 is 11.9 Å². The number of rotatable bonds is 9. The lowest BCUT2D eigenvalue weighted by Crippen LogP contribution is -2.43. The van der Waals surface area contributed by atoms with Gasteiger partial charge in [0.15, 0.2) is 6.61 Å². The fraction of sp³-hybridized carbons (Fsp3) is 0.235. The van der Waals surface area contributed by atoms with Gasteiger partial charge in [0.1, 0.15) is 16.1 Å². The summed E-state index contributed by atoms with van der Waals surface area (Å²) in [6.45, 7) is -0.427. The summed E-state index contributed by atoms with van der Waals surface area (Å²) in [5, 5.41) is 22.3. The average molecular weight is 424 g/mol. The summed E-state index contributed by atoms with van der Waals surface area (Å²) in [5.41, 5.74) is 0.735. The van der Waals surface area contributed by atoms with Gasteiger partial charge in [-0.1, -0.05) is 36.1 Å². The molecule has 28 heavy (non-hydrogen) atoms. The van der Waals surface area contributed by atoms with Crippen LogP contribution in [-0.2, 0) is 19.2 Å². The fourth-order valence-corrected chi connectivity index (χ4v) is 3.19. The number of thiocarbonyl (C=S) groups is 1.